The van der Waals surface area contributed by atoms with Crippen LogP contribution in [0.25, 0.3) is 11.0 Å². The van der Waals surface area contributed by atoms with Crippen molar-refractivity contribution in [2.24, 2.45) is 0 Å². The Labute approximate surface area is 201 Å². The van der Waals surface area contributed by atoms with Crippen LogP contribution in [0, 0.1) is 6.92 Å². The summed E-state index contributed by atoms with van der Waals surface area (Å²) in [6, 6.07) is 13.2. The first-order chi connectivity index (χ1) is 16.4. The number of carbonyl (C=O) groups excluding carboxylic acids is 1. The standard InChI is InChI=1S/C25H32N4O4S/c1-3-12-29-23-9-8-21(34(31,32)28-13-15-33-16-14-28)17-22(23)27-24(29)10-11-25(30)26-18-20-6-4-19(2)5-7-20/h4-9,17H,3,10-16,18H2,1-2H3,(H,26,30). The number of imidazole rings is 1. The fourth-order valence-corrected chi connectivity index (χ4v) is 5.57. The van der Waals surface area contributed by atoms with Gasteiger partial charge < -0.3 is 14.6 Å². The van der Waals surface area contributed by atoms with Crippen LogP contribution < -0.4 is 5.32 Å². The quantitative estimate of drug-likeness (QED) is 0.504. The Hall–Kier alpha value is -2.75. The molecule has 9 heteroatoms. The van der Waals surface area contributed by atoms with E-state index in [0.29, 0.717) is 51.2 Å². The summed E-state index contributed by atoms with van der Waals surface area (Å²) < 4.78 is 34.9. The minimum atomic E-state index is -3.59. The van der Waals surface area contributed by atoms with E-state index in [2.05, 4.69) is 16.8 Å². The van der Waals surface area contributed by atoms with Gasteiger partial charge in [-0.3, -0.25) is 4.79 Å². The van der Waals surface area contributed by atoms with Crippen LogP contribution in [0.3, 0.4) is 0 Å². The number of sulfonamides is 1. The number of aryl methyl sites for hydroxylation is 3. The van der Waals surface area contributed by atoms with Gasteiger partial charge in [0.1, 0.15) is 5.82 Å². The van der Waals surface area contributed by atoms with Crippen molar-refractivity contribution in [2.75, 3.05) is 26.3 Å². The van der Waals surface area contributed by atoms with Gasteiger partial charge in [0, 0.05) is 39.0 Å². The van der Waals surface area contributed by atoms with Gasteiger partial charge in [0.25, 0.3) is 0 Å². The van der Waals surface area contributed by atoms with E-state index >= 15 is 0 Å². The van der Waals surface area contributed by atoms with Gasteiger partial charge in [-0.15, -0.1) is 0 Å². The summed E-state index contributed by atoms with van der Waals surface area (Å²) in [5, 5.41) is 2.97. The molecule has 1 aliphatic heterocycles. The molecule has 8 nitrogen and oxygen atoms in total. The number of ether oxygens (including phenoxy) is 1. The van der Waals surface area contributed by atoms with Crippen LogP contribution in [-0.2, 0) is 39.1 Å². The first-order valence-corrected chi connectivity index (χ1v) is 13.2. The molecule has 4 rings (SSSR count). The third-order valence-electron chi connectivity index (χ3n) is 6.04. The summed E-state index contributed by atoms with van der Waals surface area (Å²) in [6.45, 7) is 6.89. The molecule has 1 saturated heterocycles. The molecule has 1 fully saturated rings. The molecule has 34 heavy (non-hydrogen) atoms. The number of amides is 1. The lowest BCUT2D eigenvalue weighted by atomic mass is 10.1. The number of benzene rings is 2. The zero-order chi connectivity index (χ0) is 24.1. The third kappa shape index (κ3) is 5.48. The number of carbonyl (C=O) groups is 1. The highest BCUT2D eigenvalue weighted by molar-refractivity contribution is 7.89. The van der Waals surface area contributed by atoms with Gasteiger partial charge in [-0.25, -0.2) is 13.4 Å². The van der Waals surface area contributed by atoms with Crippen molar-refractivity contribution in [3.8, 4) is 0 Å². The lowest BCUT2D eigenvalue weighted by molar-refractivity contribution is -0.121. The smallest absolute Gasteiger partial charge is 0.243 e. The van der Waals surface area contributed by atoms with Crippen molar-refractivity contribution in [3.63, 3.8) is 0 Å². The molecule has 1 aromatic heterocycles. The van der Waals surface area contributed by atoms with E-state index in [4.69, 9.17) is 9.72 Å². The second-order valence-electron chi connectivity index (χ2n) is 8.61. The molecule has 0 spiro atoms. The zero-order valence-corrected chi connectivity index (χ0v) is 20.6. The highest BCUT2D eigenvalue weighted by Gasteiger charge is 2.27. The summed E-state index contributed by atoms with van der Waals surface area (Å²) in [5.41, 5.74) is 3.77. The molecule has 1 N–H and O–H groups in total. The van der Waals surface area contributed by atoms with Crippen LogP contribution >= 0.6 is 0 Å². The number of aromatic nitrogens is 2. The SMILES string of the molecule is CCCn1c(CCC(=O)NCc2ccc(C)cc2)nc2cc(S(=O)(=O)N3CCOCC3)ccc21. The molecular weight excluding hydrogens is 452 g/mol. The van der Waals surface area contributed by atoms with Crippen molar-refractivity contribution in [1.82, 2.24) is 19.2 Å². The summed E-state index contributed by atoms with van der Waals surface area (Å²) in [6.07, 6.45) is 1.71. The number of rotatable bonds is 9. The van der Waals surface area contributed by atoms with Crippen LogP contribution in [-0.4, -0.2) is 54.5 Å². The van der Waals surface area contributed by atoms with Crippen LogP contribution in [0.1, 0.15) is 36.7 Å². The van der Waals surface area contributed by atoms with Gasteiger partial charge in [0.15, 0.2) is 0 Å². The average molecular weight is 485 g/mol. The van der Waals surface area contributed by atoms with Crippen LogP contribution in [0.4, 0.5) is 0 Å². The molecule has 1 amide bonds. The highest BCUT2D eigenvalue weighted by atomic mass is 32.2. The van der Waals surface area contributed by atoms with Gasteiger partial charge in [0.05, 0.1) is 29.1 Å². The molecule has 0 saturated carbocycles. The first-order valence-electron chi connectivity index (χ1n) is 11.8. The van der Waals surface area contributed by atoms with Gasteiger partial charge in [-0.1, -0.05) is 36.8 Å². The Bertz CT molecular complexity index is 1250. The normalized spacial score (nSPS) is 15.0. The first kappa shape index (κ1) is 24.4. The van der Waals surface area contributed by atoms with Crippen LogP contribution in [0.2, 0.25) is 0 Å². The summed E-state index contributed by atoms with van der Waals surface area (Å²) >= 11 is 0. The van der Waals surface area contributed by atoms with E-state index in [0.717, 1.165) is 29.9 Å². The van der Waals surface area contributed by atoms with Crippen LogP contribution in [0.5, 0.6) is 0 Å². The Kier molecular flexibility index (Phi) is 7.65. The maximum atomic E-state index is 13.1. The van der Waals surface area contributed by atoms with Gasteiger partial charge in [-0.05, 0) is 37.1 Å². The van der Waals surface area contributed by atoms with E-state index in [9.17, 15) is 13.2 Å². The predicted molar refractivity (Wildman–Crippen MR) is 131 cm³/mol. The van der Waals surface area contributed by atoms with Crippen molar-refractivity contribution in [2.45, 2.75) is 51.1 Å². The third-order valence-corrected chi connectivity index (χ3v) is 7.93. The molecule has 0 unspecified atom stereocenters. The number of hydrogen-bond acceptors (Lipinski definition) is 5. The Morgan fingerprint density at radius 3 is 2.56 bits per heavy atom. The van der Waals surface area contributed by atoms with E-state index in [1.807, 2.05) is 37.3 Å². The van der Waals surface area contributed by atoms with E-state index < -0.39 is 10.0 Å². The molecule has 2 aromatic carbocycles. The van der Waals surface area contributed by atoms with Gasteiger partial charge >= 0.3 is 0 Å². The molecule has 2 heterocycles. The maximum absolute atomic E-state index is 13.1. The molecule has 0 radical (unpaired) electrons. The number of nitrogens with one attached hydrogen (secondary N) is 1. The fourth-order valence-electron chi connectivity index (χ4n) is 4.14. The maximum Gasteiger partial charge on any atom is 0.243 e. The van der Waals surface area contributed by atoms with Crippen molar-refractivity contribution >= 4 is 27.0 Å². The molecule has 0 aliphatic carbocycles. The van der Waals surface area contributed by atoms with E-state index in [1.165, 1.54) is 9.87 Å². The van der Waals surface area contributed by atoms with Gasteiger partial charge in [0.2, 0.25) is 15.9 Å². The minimum absolute atomic E-state index is 0.0359. The Morgan fingerprint density at radius 1 is 1.12 bits per heavy atom. The number of morpholine rings is 1. The van der Waals surface area contributed by atoms with Crippen molar-refractivity contribution in [1.29, 1.82) is 0 Å². The Balaban J connectivity index is 1.48. The second-order valence-corrected chi connectivity index (χ2v) is 10.5. The number of fused-ring (bicyclic) bond motifs is 1. The van der Waals surface area contributed by atoms with E-state index in [1.54, 1.807) is 12.1 Å². The average Bonchev–Trinajstić information content (AvgIpc) is 3.20. The van der Waals surface area contributed by atoms with Crippen molar-refractivity contribution in [3.05, 3.63) is 59.4 Å². The monoisotopic (exact) mass is 484 g/mol. The van der Waals surface area contributed by atoms with Crippen molar-refractivity contribution < 1.29 is 17.9 Å². The molecule has 1 aliphatic rings. The molecular formula is C25H32N4O4S. The topological polar surface area (TPSA) is 93.5 Å². The number of hydrogen-bond donors (Lipinski definition) is 1. The summed E-state index contributed by atoms with van der Waals surface area (Å²) in [4.78, 5) is 17.4. The lowest BCUT2D eigenvalue weighted by Gasteiger charge is -2.26. The fraction of sp³-hybridized carbons (Fsp3) is 0.440. The highest BCUT2D eigenvalue weighted by Crippen LogP contribution is 2.24. The Morgan fingerprint density at radius 2 is 1.85 bits per heavy atom. The molecule has 182 valence electrons. The zero-order valence-electron chi connectivity index (χ0n) is 19.8. The second kappa shape index (κ2) is 10.7. The largest absolute Gasteiger partial charge is 0.379 e. The molecule has 0 atom stereocenters. The summed E-state index contributed by atoms with van der Waals surface area (Å²) in [7, 11) is -3.59. The van der Waals surface area contributed by atoms with E-state index in [-0.39, 0.29) is 10.8 Å². The summed E-state index contributed by atoms with van der Waals surface area (Å²) in [5.74, 6) is 0.759. The molecule has 0 bridgehead atoms. The predicted octanol–water partition coefficient (Wildman–Crippen LogP) is 3.02. The van der Waals surface area contributed by atoms with Gasteiger partial charge in [-0.2, -0.15) is 4.31 Å². The van der Waals surface area contributed by atoms with Crippen LogP contribution in [0.15, 0.2) is 47.4 Å². The lowest BCUT2D eigenvalue weighted by Crippen LogP contribution is -2.40. The molecule has 3 aromatic rings. The minimum Gasteiger partial charge on any atom is -0.379 e. The number of nitrogens with zero attached hydrogens (tertiary/aromatic N) is 3.